The molecule has 0 aromatic carbocycles. The largest absolute Gasteiger partial charge is 0.458 e. The van der Waals surface area contributed by atoms with Crippen molar-refractivity contribution in [2.75, 3.05) is 6.61 Å². The lowest BCUT2D eigenvalue weighted by atomic mass is 9.71. The van der Waals surface area contributed by atoms with E-state index in [1.54, 1.807) is 20.0 Å². The first-order chi connectivity index (χ1) is 18.3. The minimum Gasteiger partial charge on any atom is -0.458 e. The molecule has 3 aliphatic heterocycles. The number of hydrogen-bond acceptors (Lipinski definition) is 8. The van der Waals surface area contributed by atoms with Gasteiger partial charge in [-0.2, -0.15) is 0 Å². The minimum atomic E-state index is -1.28. The van der Waals surface area contributed by atoms with Crippen LogP contribution in [0.2, 0.25) is 0 Å². The third-order valence-electron chi connectivity index (χ3n) is 9.43. The van der Waals surface area contributed by atoms with Crippen LogP contribution in [0.15, 0.2) is 30.0 Å². The average molecular weight is 544 g/mol. The molecule has 1 aromatic rings. The van der Waals surface area contributed by atoms with Crippen molar-refractivity contribution in [3.8, 4) is 0 Å². The Morgan fingerprint density at radius 3 is 2.54 bits per heavy atom. The van der Waals surface area contributed by atoms with Crippen LogP contribution in [0.25, 0.3) is 6.08 Å². The number of Topliss-reactive ketones (excluding diaryl/α,β-unsaturated/α-hetero) is 1. The van der Waals surface area contributed by atoms with Crippen molar-refractivity contribution >= 4 is 17.8 Å². The van der Waals surface area contributed by atoms with Crippen molar-refractivity contribution < 1.29 is 34.0 Å². The Bertz CT molecular complexity index is 1070. The molecule has 8 nitrogen and oxygen atoms in total. The van der Waals surface area contributed by atoms with E-state index in [-0.39, 0.29) is 29.8 Å². The van der Waals surface area contributed by atoms with Gasteiger partial charge in [0.2, 0.25) is 0 Å². The number of fused-ring (bicyclic) bond motifs is 1. The fraction of sp³-hybridized carbons (Fsp3) is 0.710. The SMILES string of the molecule is CCC12C[C@@H](C(C)=Cc3ccccn3)OC(=O)C[C@H](O)C(C)(C)C(=O)[C@@H](C3CO3)[C@H](O)[C@@H](C)CCCC1(C)O2. The number of epoxide rings is 2. The third kappa shape index (κ3) is 6.29. The van der Waals surface area contributed by atoms with E-state index in [1.807, 2.05) is 38.1 Å². The van der Waals surface area contributed by atoms with E-state index in [0.717, 1.165) is 37.0 Å². The zero-order valence-electron chi connectivity index (χ0n) is 24.2. The second-order valence-corrected chi connectivity index (χ2v) is 12.6. The summed E-state index contributed by atoms with van der Waals surface area (Å²) in [4.78, 5) is 31.3. The molecule has 2 N–H and O–H groups in total. The van der Waals surface area contributed by atoms with Crippen LogP contribution < -0.4 is 0 Å². The molecular weight excluding hydrogens is 498 g/mol. The predicted octanol–water partition coefficient (Wildman–Crippen LogP) is 4.27. The van der Waals surface area contributed by atoms with Gasteiger partial charge in [0.1, 0.15) is 17.5 Å². The van der Waals surface area contributed by atoms with Crippen LogP contribution >= 0.6 is 0 Å². The van der Waals surface area contributed by atoms with Crippen LogP contribution in [0.1, 0.15) is 85.8 Å². The monoisotopic (exact) mass is 543 g/mol. The van der Waals surface area contributed by atoms with Crippen LogP contribution in [0.5, 0.6) is 0 Å². The van der Waals surface area contributed by atoms with Crippen LogP contribution in [-0.2, 0) is 23.8 Å². The highest BCUT2D eigenvalue weighted by molar-refractivity contribution is 5.89. The number of aliphatic hydroxyl groups is 2. The van der Waals surface area contributed by atoms with E-state index < -0.39 is 41.2 Å². The molecule has 3 aliphatic rings. The standard InChI is InChI=1S/C31H45NO7/c1-7-31-17-22(20(3)15-21-12-8-9-14-32-21)38-25(34)16-24(33)29(4,5)28(36)26(23-18-37-23)27(35)19(2)11-10-13-30(31,6)39-31/h8-9,12,14-15,19,22-24,26-27,33,35H,7,10-11,13,16-18H2,1-6H3/t19-,22-,23?,24-,26-,27+,30?,31?/m0/s1. The van der Waals surface area contributed by atoms with Gasteiger partial charge in [-0.3, -0.25) is 14.6 Å². The molecule has 0 aliphatic carbocycles. The Hall–Kier alpha value is -2.13. The summed E-state index contributed by atoms with van der Waals surface area (Å²) < 4.78 is 17.9. The topological polar surface area (TPSA) is 122 Å². The number of rotatable bonds is 4. The van der Waals surface area contributed by atoms with Gasteiger partial charge in [0, 0.05) is 12.6 Å². The summed E-state index contributed by atoms with van der Waals surface area (Å²) in [5.74, 6) is -1.77. The first kappa shape index (κ1) is 29.8. The smallest absolute Gasteiger partial charge is 0.309 e. The molecule has 3 saturated heterocycles. The molecule has 3 unspecified atom stereocenters. The van der Waals surface area contributed by atoms with E-state index in [0.29, 0.717) is 13.0 Å². The summed E-state index contributed by atoms with van der Waals surface area (Å²) in [5, 5.41) is 22.4. The number of carbonyl (C=O) groups excluding carboxylic acids is 2. The zero-order valence-corrected chi connectivity index (χ0v) is 24.2. The molecule has 4 rings (SSSR count). The number of esters is 1. The molecule has 39 heavy (non-hydrogen) atoms. The minimum absolute atomic E-state index is 0.136. The molecule has 0 amide bonds. The van der Waals surface area contributed by atoms with Gasteiger partial charge in [0.25, 0.3) is 0 Å². The zero-order chi connectivity index (χ0) is 28.6. The number of pyridine rings is 1. The Morgan fingerprint density at radius 1 is 1.21 bits per heavy atom. The van der Waals surface area contributed by atoms with E-state index in [4.69, 9.17) is 14.2 Å². The highest BCUT2D eigenvalue weighted by Crippen LogP contribution is 2.57. The van der Waals surface area contributed by atoms with Crippen molar-refractivity contribution in [2.45, 2.75) is 116 Å². The summed E-state index contributed by atoms with van der Waals surface area (Å²) in [5.41, 5.74) is -0.508. The maximum Gasteiger partial charge on any atom is 0.309 e. The lowest BCUT2D eigenvalue weighted by Gasteiger charge is -2.35. The van der Waals surface area contributed by atoms with Crippen LogP contribution in [-0.4, -0.2) is 69.2 Å². The molecule has 8 atom stereocenters. The van der Waals surface area contributed by atoms with Gasteiger partial charge in [0.15, 0.2) is 0 Å². The maximum atomic E-state index is 13.7. The number of nitrogens with zero attached hydrogens (tertiary/aromatic N) is 1. The van der Waals surface area contributed by atoms with E-state index >= 15 is 0 Å². The molecule has 3 fully saturated rings. The van der Waals surface area contributed by atoms with Crippen molar-refractivity contribution in [1.82, 2.24) is 4.98 Å². The number of aliphatic hydroxyl groups excluding tert-OH is 2. The second kappa shape index (κ2) is 11.4. The summed E-state index contributed by atoms with van der Waals surface area (Å²) in [6, 6.07) is 5.64. The summed E-state index contributed by atoms with van der Waals surface area (Å²) in [6.45, 7) is 11.7. The number of aromatic nitrogens is 1. The van der Waals surface area contributed by atoms with Crippen molar-refractivity contribution in [2.24, 2.45) is 17.3 Å². The number of ketones is 1. The fourth-order valence-corrected chi connectivity index (χ4v) is 6.22. The molecule has 0 bridgehead atoms. The van der Waals surface area contributed by atoms with Gasteiger partial charge in [-0.25, -0.2) is 0 Å². The van der Waals surface area contributed by atoms with Crippen LogP contribution in [0.3, 0.4) is 0 Å². The van der Waals surface area contributed by atoms with Crippen molar-refractivity contribution in [3.63, 3.8) is 0 Å². The van der Waals surface area contributed by atoms with Crippen molar-refractivity contribution in [3.05, 3.63) is 35.7 Å². The van der Waals surface area contributed by atoms with E-state index in [9.17, 15) is 19.8 Å². The Labute approximate surface area is 232 Å². The Balaban J connectivity index is 1.65. The summed E-state index contributed by atoms with van der Waals surface area (Å²) in [6.07, 6.45) is 3.76. The Morgan fingerprint density at radius 2 is 1.92 bits per heavy atom. The lowest BCUT2D eigenvalue weighted by Crippen LogP contribution is -2.48. The number of carbonyl (C=O) groups is 2. The van der Waals surface area contributed by atoms with Gasteiger partial charge in [-0.15, -0.1) is 0 Å². The first-order valence-corrected chi connectivity index (χ1v) is 14.3. The molecule has 0 saturated carbocycles. The summed E-state index contributed by atoms with van der Waals surface area (Å²) in [7, 11) is 0. The number of cyclic esters (lactones) is 1. The van der Waals surface area contributed by atoms with Gasteiger partial charge < -0.3 is 24.4 Å². The van der Waals surface area contributed by atoms with Gasteiger partial charge in [-0.1, -0.05) is 40.2 Å². The highest BCUT2D eigenvalue weighted by atomic mass is 16.6. The normalized spacial score (nSPS) is 39.9. The molecule has 0 spiro atoms. The number of hydrogen-bond donors (Lipinski definition) is 2. The average Bonchev–Trinajstić information content (AvgIpc) is 3.81. The summed E-state index contributed by atoms with van der Waals surface area (Å²) >= 11 is 0. The quantitative estimate of drug-likeness (QED) is 0.427. The van der Waals surface area contributed by atoms with E-state index in [2.05, 4.69) is 18.8 Å². The maximum absolute atomic E-state index is 13.7. The molecule has 4 heterocycles. The second-order valence-electron chi connectivity index (χ2n) is 12.6. The molecule has 0 radical (unpaired) electrons. The molecule has 216 valence electrons. The molecular formula is C31H45NO7. The predicted molar refractivity (Wildman–Crippen MR) is 147 cm³/mol. The first-order valence-electron chi connectivity index (χ1n) is 14.3. The Kier molecular flexibility index (Phi) is 8.72. The van der Waals surface area contributed by atoms with Gasteiger partial charge >= 0.3 is 5.97 Å². The van der Waals surface area contributed by atoms with Crippen LogP contribution in [0, 0.1) is 17.3 Å². The van der Waals surface area contributed by atoms with Gasteiger partial charge in [-0.05, 0) is 62.8 Å². The number of ether oxygens (including phenoxy) is 3. The van der Waals surface area contributed by atoms with E-state index in [1.165, 1.54) is 0 Å². The molecule has 8 heteroatoms. The highest BCUT2D eigenvalue weighted by Gasteiger charge is 2.65. The fourth-order valence-electron chi connectivity index (χ4n) is 6.22. The third-order valence-corrected chi connectivity index (χ3v) is 9.43. The van der Waals surface area contributed by atoms with Crippen molar-refractivity contribution in [1.29, 1.82) is 0 Å². The van der Waals surface area contributed by atoms with Crippen LogP contribution in [0.4, 0.5) is 0 Å². The lowest BCUT2D eigenvalue weighted by molar-refractivity contribution is -0.155. The molecule has 1 aromatic heterocycles. The van der Waals surface area contributed by atoms with Gasteiger partial charge in [0.05, 0.1) is 54.0 Å².